The summed E-state index contributed by atoms with van der Waals surface area (Å²) in [6.45, 7) is 65.9. The van der Waals surface area contributed by atoms with Crippen molar-refractivity contribution in [1.82, 2.24) is 0 Å². The minimum absolute atomic E-state index is 0. The Morgan fingerprint density at radius 3 is 0.163 bits per heavy atom. The molecule has 0 nitrogen and oxygen atoms in total. The molecule has 0 radical (unpaired) electrons. The Morgan fingerprint density at radius 2 is 0.153 bits per heavy atom. The summed E-state index contributed by atoms with van der Waals surface area (Å²) < 4.78 is 0. The van der Waals surface area contributed by atoms with Crippen LogP contribution in [0.3, 0.4) is 0 Å². The first-order chi connectivity index (χ1) is 28.6. The van der Waals surface area contributed by atoms with Gasteiger partial charge >= 0.3 is 0 Å². The molecule has 0 aliphatic heterocycles. The summed E-state index contributed by atoms with van der Waals surface area (Å²) in [5.41, 5.74) is 11.4. The van der Waals surface area contributed by atoms with Gasteiger partial charge in [0.25, 0.3) is 0 Å². The molecular weight excluding hydrogens is 1180 g/mol. The molecule has 0 heterocycles. The Labute approximate surface area is 667 Å². The van der Waals surface area contributed by atoms with E-state index in [1.54, 1.807) is 0 Å². The lowest BCUT2D eigenvalue weighted by atomic mass is 10.2. The standard InChI is InChI=1S/4C6H12.4C5H6.8C2H6.38CH4/c4*1-5(2)6(3)4;4*1-2-4-5-3-1;8*1-2;;;;;;;;;;;;;;;;;;;;;;;;;;;;;;;;;;;;;;/h4*1-4H3;4*1-4H,5H2;8*1-2H3;38*1H4. The molecule has 4 aliphatic rings. The van der Waals surface area contributed by atoms with Gasteiger partial charge in [0.05, 0.1) is 0 Å². The molecule has 0 saturated carbocycles. The van der Waals surface area contributed by atoms with Gasteiger partial charge in [-0.2, -0.15) is 0 Å². The van der Waals surface area contributed by atoms with Crippen LogP contribution in [0, 0.1) is 0 Å². The number of allylic oxidation sites excluding steroid dienone is 24. The number of hydrogen-bond donors (Lipinski definition) is 0. The van der Waals surface area contributed by atoms with Gasteiger partial charge in [0.1, 0.15) is 0 Å². The van der Waals surface area contributed by atoms with E-state index < -0.39 is 0 Å². The quantitative estimate of drug-likeness (QED) is 0.212. The first-order valence-electron chi connectivity index (χ1n) is 24.3. The fraction of sp³-hybridized carbons (Fsp3) is 0.755. The van der Waals surface area contributed by atoms with Gasteiger partial charge in [0.2, 0.25) is 0 Å². The van der Waals surface area contributed by atoms with Crippen molar-refractivity contribution in [3.63, 3.8) is 0 Å². The summed E-state index contributed by atoms with van der Waals surface area (Å²) in [6.07, 6.45) is 38.0. The highest BCUT2D eigenvalue weighted by atomic mass is 13.9. The Kier molecular flexibility index (Phi) is 2050. The first kappa shape index (κ1) is 415. The molecule has 98 heavy (non-hydrogen) atoms. The molecule has 0 unspecified atom stereocenters. The van der Waals surface area contributed by atoms with Gasteiger partial charge < -0.3 is 0 Å². The second kappa shape index (κ2) is 485. The fourth-order valence-corrected chi connectivity index (χ4v) is 1.57. The van der Waals surface area contributed by atoms with E-state index in [1.165, 1.54) is 44.6 Å². The predicted octanol–water partition coefficient (Wildman–Crippen LogP) is 47.8. The van der Waals surface area contributed by atoms with Crippen LogP contribution < -0.4 is 0 Å². The van der Waals surface area contributed by atoms with Crippen LogP contribution >= 0.6 is 0 Å². The lowest BCUT2D eigenvalue weighted by Gasteiger charge is -1.88. The highest BCUT2D eigenvalue weighted by molar-refractivity contribution is 5.13. The van der Waals surface area contributed by atoms with E-state index in [0.717, 1.165) is 25.7 Å². The smallest absolute Gasteiger partial charge is 0.0163 e. The van der Waals surface area contributed by atoms with Gasteiger partial charge in [0.15, 0.2) is 0 Å². The maximum Gasteiger partial charge on any atom is -0.0163 e. The number of hydrogen-bond acceptors (Lipinski definition) is 0. The van der Waals surface area contributed by atoms with Gasteiger partial charge in [-0.15, -0.1) is 0 Å². The van der Waals surface area contributed by atoms with E-state index in [2.05, 4.69) is 208 Å². The largest absolute Gasteiger partial charge is 0.0808 e. The molecule has 0 amide bonds. The second-order valence-electron chi connectivity index (χ2n) is 12.4. The molecule has 0 aromatic rings. The number of rotatable bonds is 0. The van der Waals surface area contributed by atoms with E-state index in [-0.39, 0.29) is 282 Å². The molecular formula is C98H272. The van der Waals surface area contributed by atoms with Crippen LogP contribution in [0.1, 0.15) is 529 Å². The maximum absolute atomic E-state index is 2.12. The van der Waals surface area contributed by atoms with Crippen LogP contribution in [0.2, 0.25) is 0 Å². The minimum atomic E-state index is 0. The third-order valence-corrected chi connectivity index (χ3v) is 6.62. The fourth-order valence-electron chi connectivity index (χ4n) is 1.57. The average Bonchev–Trinajstić information content (AvgIpc) is 4.15. The Balaban J connectivity index is -0.00000000516. The summed E-state index contributed by atoms with van der Waals surface area (Å²) >= 11 is 0. The third kappa shape index (κ3) is 725. The molecule has 0 saturated heterocycles. The van der Waals surface area contributed by atoms with Crippen molar-refractivity contribution in [2.24, 2.45) is 0 Å². The van der Waals surface area contributed by atoms with Crippen LogP contribution in [0.25, 0.3) is 0 Å². The zero-order chi connectivity index (χ0) is 50.8. The van der Waals surface area contributed by atoms with Gasteiger partial charge in [-0.25, -0.2) is 0 Å². The summed E-state index contributed by atoms with van der Waals surface area (Å²) in [4.78, 5) is 0. The maximum atomic E-state index is 2.12. The van der Waals surface area contributed by atoms with E-state index in [9.17, 15) is 0 Å². The van der Waals surface area contributed by atoms with Crippen molar-refractivity contribution < 1.29 is 0 Å². The Morgan fingerprint density at radius 1 is 0.112 bits per heavy atom. The molecule has 0 fully saturated rings. The van der Waals surface area contributed by atoms with Crippen LogP contribution in [0.4, 0.5) is 0 Å². The topological polar surface area (TPSA) is 0 Å². The van der Waals surface area contributed by atoms with Gasteiger partial charge in [-0.05, 0) is 136 Å². The Bertz CT molecular complexity index is 785. The van der Waals surface area contributed by atoms with Crippen molar-refractivity contribution in [2.75, 3.05) is 0 Å². The second-order valence-corrected chi connectivity index (χ2v) is 12.4. The van der Waals surface area contributed by atoms with Crippen molar-refractivity contribution in [2.45, 2.75) is 529 Å². The molecule has 0 N–H and O–H groups in total. The van der Waals surface area contributed by atoms with Gasteiger partial charge in [-0.3, -0.25) is 0 Å². The molecule has 0 bridgehead atoms. The zero-order valence-corrected chi connectivity index (χ0v) is 48.1. The molecule has 0 spiro atoms. The van der Waals surface area contributed by atoms with Crippen LogP contribution in [-0.4, -0.2) is 0 Å². The molecule has 664 valence electrons. The Hall–Kier alpha value is -3.12. The molecule has 0 aromatic carbocycles. The lowest BCUT2D eigenvalue weighted by Crippen LogP contribution is -1.66. The van der Waals surface area contributed by atoms with E-state index in [4.69, 9.17) is 0 Å². The van der Waals surface area contributed by atoms with Crippen LogP contribution in [0.5, 0.6) is 0 Å². The highest BCUT2D eigenvalue weighted by Crippen LogP contribution is 1.99. The van der Waals surface area contributed by atoms with Crippen molar-refractivity contribution in [1.29, 1.82) is 0 Å². The van der Waals surface area contributed by atoms with E-state index in [1.807, 2.05) is 111 Å². The zero-order valence-electron chi connectivity index (χ0n) is 48.1. The summed E-state index contributed by atoms with van der Waals surface area (Å²) in [5, 5.41) is 0. The lowest BCUT2D eigenvalue weighted by molar-refractivity contribution is 1.23. The predicted molar refractivity (Wildman–Crippen MR) is 557 cm³/mol. The SMILES string of the molecule is C.C.C.C.C.C.C.C.C.C.C.C.C.C.C.C.C.C.C.C.C.C.C.C.C.C.C.C.C.C.C.C.C.C.C.C.C.C.C1=CCC=C1.C1=CCC=C1.C1=CCC=C1.C1=CCC=C1.CC.CC.CC.CC.CC.CC.CC.CC.CC(C)=C(C)C.CC(C)=C(C)C.CC(C)=C(C)C.CC(C)=C(C)C. The summed E-state index contributed by atoms with van der Waals surface area (Å²) in [6, 6.07) is 0. The normalized spacial score (nSPS) is 6.04. The monoisotopic (exact) mass is 1450 g/mol. The minimum Gasteiger partial charge on any atom is -0.0808 e. The molecule has 0 atom stereocenters. The highest BCUT2D eigenvalue weighted by Gasteiger charge is 1.78. The summed E-state index contributed by atoms with van der Waals surface area (Å²) in [5.74, 6) is 0. The summed E-state index contributed by atoms with van der Waals surface area (Å²) in [7, 11) is 0. The molecule has 4 aliphatic carbocycles. The average molecular weight is 1450 g/mol. The van der Waals surface area contributed by atoms with Crippen LogP contribution in [-0.2, 0) is 0 Å². The van der Waals surface area contributed by atoms with E-state index in [0.29, 0.717) is 0 Å². The van der Waals surface area contributed by atoms with Crippen molar-refractivity contribution >= 4 is 0 Å². The van der Waals surface area contributed by atoms with Gasteiger partial charge in [0, 0.05) is 0 Å². The molecule has 0 heteroatoms. The molecule has 0 aromatic heterocycles. The van der Waals surface area contributed by atoms with Gasteiger partial charge in [-0.1, -0.05) is 535 Å². The first-order valence-corrected chi connectivity index (χ1v) is 24.3. The van der Waals surface area contributed by atoms with Crippen molar-refractivity contribution in [3.05, 3.63) is 142 Å². The van der Waals surface area contributed by atoms with Crippen LogP contribution in [0.15, 0.2) is 142 Å². The molecule has 4 rings (SSSR count). The van der Waals surface area contributed by atoms with E-state index >= 15 is 0 Å². The third-order valence-electron chi connectivity index (χ3n) is 6.62. The van der Waals surface area contributed by atoms with Crippen molar-refractivity contribution in [3.8, 4) is 0 Å².